The summed E-state index contributed by atoms with van der Waals surface area (Å²) in [5.74, 6) is 0.361. The van der Waals surface area contributed by atoms with Crippen LogP contribution in [-0.4, -0.2) is 12.5 Å². The number of hydrogen-bond acceptors (Lipinski definition) is 2. The van der Waals surface area contributed by atoms with E-state index in [2.05, 4.69) is 39.1 Å². The van der Waals surface area contributed by atoms with Gasteiger partial charge in [0.1, 0.15) is 5.41 Å². The van der Waals surface area contributed by atoms with Gasteiger partial charge in [-0.2, -0.15) is 5.26 Å². The minimum atomic E-state index is -0.886. The SMILES string of the molecule is CCC(C)(C#N)C(=O)NCC1C(C)(C)C1(C)C. The maximum absolute atomic E-state index is 11.9. The third kappa shape index (κ3) is 2.06. The number of carbonyl (C=O) groups is 1. The van der Waals surface area contributed by atoms with Crippen LogP contribution < -0.4 is 5.32 Å². The van der Waals surface area contributed by atoms with E-state index in [1.807, 2.05) is 6.92 Å². The fourth-order valence-corrected chi connectivity index (χ4v) is 2.52. The van der Waals surface area contributed by atoms with E-state index in [4.69, 9.17) is 5.26 Å². The largest absolute Gasteiger partial charge is 0.354 e. The first-order valence-electron chi connectivity index (χ1n) is 6.33. The maximum Gasteiger partial charge on any atom is 0.240 e. The minimum absolute atomic E-state index is 0.138. The summed E-state index contributed by atoms with van der Waals surface area (Å²) < 4.78 is 0. The predicted octanol–water partition coefficient (Wildman–Crippen LogP) is 2.72. The van der Waals surface area contributed by atoms with Crippen LogP contribution in [0.3, 0.4) is 0 Å². The molecule has 1 saturated carbocycles. The molecule has 0 aromatic carbocycles. The average Bonchev–Trinajstić information content (AvgIpc) is 2.65. The van der Waals surface area contributed by atoms with Crippen molar-refractivity contribution in [1.82, 2.24) is 5.32 Å². The van der Waals surface area contributed by atoms with Gasteiger partial charge in [-0.05, 0) is 30.1 Å². The van der Waals surface area contributed by atoms with Gasteiger partial charge >= 0.3 is 0 Å². The van der Waals surface area contributed by atoms with Gasteiger partial charge in [0.05, 0.1) is 6.07 Å². The van der Waals surface area contributed by atoms with Gasteiger partial charge < -0.3 is 5.32 Å². The molecule has 0 heterocycles. The summed E-state index contributed by atoms with van der Waals surface area (Å²) in [5, 5.41) is 12.0. The van der Waals surface area contributed by atoms with Gasteiger partial charge in [-0.3, -0.25) is 4.79 Å². The van der Waals surface area contributed by atoms with Crippen molar-refractivity contribution in [2.45, 2.75) is 48.0 Å². The van der Waals surface area contributed by atoms with E-state index in [1.54, 1.807) is 6.92 Å². The van der Waals surface area contributed by atoms with E-state index in [0.717, 1.165) is 0 Å². The smallest absolute Gasteiger partial charge is 0.240 e. The van der Waals surface area contributed by atoms with Crippen molar-refractivity contribution in [3.63, 3.8) is 0 Å². The molecule has 0 bridgehead atoms. The van der Waals surface area contributed by atoms with E-state index in [0.29, 0.717) is 18.9 Å². The molecule has 0 aliphatic heterocycles. The van der Waals surface area contributed by atoms with Gasteiger partial charge in [0.25, 0.3) is 0 Å². The third-order valence-electron chi connectivity index (χ3n) is 5.24. The number of nitriles is 1. The van der Waals surface area contributed by atoms with Crippen LogP contribution >= 0.6 is 0 Å². The van der Waals surface area contributed by atoms with E-state index in [1.165, 1.54) is 0 Å². The van der Waals surface area contributed by atoms with Crippen molar-refractivity contribution in [3.05, 3.63) is 0 Å². The summed E-state index contributed by atoms with van der Waals surface area (Å²) in [4.78, 5) is 11.9. The molecule has 0 saturated heterocycles. The first kappa shape index (κ1) is 14.0. The molecule has 17 heavy (non-hydrogen) atoms. The Bertz CT molecular complexity index is 351. The lowest BCUT2D eigenvalue weighted by atomic mass is 9.88. The quantitative estimate of drug-likeness (QED) is 0.816. The Balaban J connectivity index is 2.55. The molecule has 1 fully saturated rings. The highest BCUT2D eigenvalue weighted by atomic mass is 16.2. The Kier molecular flexibility index (Phi) is 3.31. The van der Waals surface area contributed by atoms with Crippen molar-refractivity contribution in [2.24, 2.45) is 22.2 Å². The van der Waals surface area contributed by atoms with E-state index >= 15 is 0 Å². The van der Waals surface area contributed by atoms with Crippen molar-refractivity contribution in [1.29, 1.82) is 5.26 Å². The number of hydrogen-bond donors (Lipinski definition) is 1. The van der Waals surface area contributed by atoms with Gasteiger partial charge in [0, 0.05) is 6.54 Å². The molecule has 0 aromatic rings. The zero-order valence-electron chi connectivity index (χ0n) is 11.8. The second-order valence-electron chi connectivity index (χ2n) is 6.50. The topological polar surface area (TPSA) is 52.9 Å². The van der Waals surface area contributed by atoms with Gasteiger partial charge in [-0.25, -0.2) is 0 Å². The van der Waals surface area contributed by atoms with Crippen LogP contribution in [0.4, 0.5) is 0 Å². The molecule has 3 nitrogen and oxygen atoms in total. The highest BCUT2D eigenvalue weighted by Crippen LogP contribution is 2.67. The summed E-state index contributed by atoms with van der Waals surface area (Å²) in [6.07, 6.45) is 0.548. The molecule has 1 amide bonds. The lowest BCUT2D eigenvalue weighted by molar-refractivity contribution is -0.127. The Morgan fingerprint density at radius 1 is 1.35 bits per heavy atom. The number of carbonyl (C=O) groups excluding carboxylic acids is 1. The van der Waals surface area contributed by atoms with E-state index in [-0.39, 0.29) is 16.7 Å². The molecule has 1 atom stereocenters. The van der Waals surface area contributed by atoms with Crippen LogP contribution in [0.25, 0.3) is 0 Å². The van der Waals surface area contributed by atoms with Crippen LogP contribution in [0, 0.1) is 33.5 Å². The summed E-state index contributed by atoms with van der Waals surface area (Å²) >= 11 is 0. The van der Waals surface area contributed by atoms with Gasteiger partial charge in [-0.15, -0.1) is 0 Å². The molecule has 3 heteroatoms. The molecule has 1 unspecified atom stereocenters. The maximum atomic E-state index is 11.9. The van der Waals surface area contributed by atoms with Crippen molar-refractivity contribution in [3.8, 4) is 6.07 Å². The third-order valence-corrected chi connectivity index (χ3v) is 5.24. The molecular weight excluding hydrogens is 212 g/mol. The Morgan fingerprint density at radius 3 is 2.12 bits per heavy atom. The lowest BCUT2D eigenvalue weighted by Gasteiger charge is -2.18. The molecule has 1 aliphatic rings. The summed E-state index contributed by atoms with van der Waals surface area (Å²) in [5.41, 5.74) is -0.339. The molecule has 1 aliphatic carbocycles. The van der Waals surface area contributed by atoms with Gasteiger partial charge in [-0.1, -0.05) is 34.6 Å². The molecule has 96 valence electrons. The van der Waals surface area contributed by atoms with Gasteiger partial charge in [0.2, 0.25) is 5.91 Å². The summed E-state index contributed by atoms with van der Waals surface area (Å²) in [6.45, 7) is 13.2. The van der Waals surface area contributed by atoms with Crippen LogP contribution in [-0.2, 0) is 4.79 Å². The highest BCUT2D eigenvalue weighted by Gasteiger charge is 2.64. The monoisotopic (exact) mass is 236 g/mol. The first-order chi connectivity index (χ1) is 7.63. The van der Waals surface area contributed by atoms with Crippen LogP contribution in [0.1, 0.15) is 48.0 Å². The van der Waals surface area contributed by atoms with E-state index < -0.39 is 5.41 Å². The highest BCUT2D eigenvalue weighted by molar-refractivity contribution is 5.84. The van der Waals surface area contributed by atoms with Crippen LogP contribution in [0.15, 0.2) is 0 Å². The van der Waals surface area contributed by atoms with Crippen molar-refractivity contribution >= 4 is 5.91 Å². The second kappa shape index (κ2) is 4.01. The Morgan fingerprint density at radius 2 is 1.82 bits per heavy atom. The molecule has 0 spiro atoms. The molecular formula is C14H24N2O. The van der Waals surface area contributed by atoms with Crippen LogP contribution in [0.5, 0.6) is 0 Å². The Hall–Kier alpha value is -1.04. The fourth-order valence-electron chi connectivity index (χ4n) is 2.52. The zero-order chi connectivity index (χ0) is 13.5. The predicted molar refractivity (Wildman–Crippen MR) is 68.1 cm³/mol. The number of amides is 1. The second-order valence-corrected chi connectivity index (χ2v) is 6.50. The number of nitrogens with one attached hydrogen (secondary N) is 1. The van der Waals surface area contributed by atoms with Crippen LogP contribution in [0.2, 0.25) is 0 Å². The Labute approximate surface area is 105 Å². The van der Waals surface area contributed by atoms with Crippen molar-refractivity contribution in [2.75, 3.05) is 6.54 Å². The summed E-state index contributed by atoms with van der Waals surface area (Å²) in [7, 11) is 0. The minimum Gasteiger partial charge on any atom is -0.354 e. The number of nitrogens with zero attached hydrogens (tertiary/aromatic N) is 1. The van der Waals surface area contributed by atoms with Crippen molar-refractivity contribution < 1.29 is 4.79 Å². The summed E-state index contributed by atoms with van der Waals surface area (Å²) in [6, 6.07) is 2.10. The molecule has 0 aromatic heterocycles. The van der Waals surface area contributed by atoms with Gasteiger partial charge in [0.15, 0.2) is 0 Å². The molecule has 0 radical (unpaired) electrons. The zero-order valence-corrected chi connectivity index (χ0v) is 11.8. The lowest BCUT2D eigenvalue weighted by Crippen LogP contribution is -2.39. The standard InChI is InChI=1S/C14H24N2O/c1-7-14(6,9-15)11(17)16-8-10-12(2,3)13(10,4)5/h10H,7-8H2,1-6H3,(H,16,17). The normalized spacial score (nSPS) is 24.5. The molecule has 1 rings (SSSR count). The van der Waals surface area contributed by atoms with E-state index in [9.17, 15) is 4.79 Å². The average molecular weight is 236 g/mol. The first-order valence-corrected chi connectivity index (χ1v) is 6.33. The number of rotatable bonds is 4. The molecule has 1 N–H and O–H groups in total. The fraction of sp³-hybridized carbons (Fsp3) is 0.857.